The van der Waals surface area contributed by atoms with Crippen molar-refractivity contribution in [3.63, 3.8) is 0 Å². The van der Waals surface area contributed by atoms with Gasteiger partial charge in [-0.2, -0.15) is 0 Å². The summed E-state index contributed by atoms with van der Waals surface area (Å²) in [4.78, 5) is 15.5. The molecule has 0 spiro atoms. The molecule has 1 rings (SSSR count). The van der Waals surface area contributed by atoms with Crippen LogP contribution in [0, 0.1) is 3.57 Å². The van der Waals surface area contributed by atoms with E-state index >= 15 is 0 Å². The van der Waals surface area contributed by atoms with E-state index in [1.165, 1.54) is 0 Å². The molecule has 0 aliphatic heterocycles. The molecule has 0 bridgehead atoms. The zero-order valence-corrected chi connectivity index (χ0v) is 11.7. The first-order chi connectivity index (χ1) is 7.37. The Hall–Kier alpha value is -0.690. The van der Waals surface area contributed by atoms with E-state index in [1.807, 2.05) is 26.8 Å². The molecule has 1 N–H and O–H groups in total. The van der Waals surface area contributed by atoms with Gasteiger partial charge >= 0.3 is 0 Å². The molecule has 1 amide bonds. The highest BCUT2D eigenvalue weighted by Gasteiger charge is 2.13. The van der Waals surface area contributed by atoms with E-state index in [-0.39, 0.29) is 18.1 Å². The molecule has 4 nitrogen and oxygen atoms in total. The molecule has 0 aliphatic carbocycles. The Balaban J connectivity index is 2.43. The van der Waals surface area contributed by atoms with Gasteiger partial charge < -0.3 is 10.1 Å². The van der Waals surface area contributed by atoms with Gasteiger partial charge in [-0.25, -0.2) is 4.98 Å². The van der Waals surface area contributed by atoms with Gasteiger partial charge in [0.2, 0.25) is 0 Å². The number of carbonyl (C=O) groups excluding carboxylic acids is 1. The summed E-state index contributed by atoms with van der Waals surface area (Å²) in [5.74, 6) is 0.353. The summed E-state index contributed by atoms with van der Waals surface area (Å²) in [5, 5.41) is 2.66. The van der Waals surface area contributed by atoms with Crippen molar-refractivity contribution in [2.75, 3.05) is 11.9 Å². The average molecular weight is 334 g/mol. The Morgan fingerprint density at radius 3 is 2.69 bits per heavy atom. The largest absolute Gasteiger partial charge is 0.366 e. The van der Waals surface area contributed by atoms with Gasteiger partial charge in [0, 0.05) is 9.77 Å². The number of nitrogens with zero attached hydrogens (tertiary/aromatic N) is 1. The summed E-state index contributed by atoms with van der Waals surface area (Å²) >= 11 is 2.16. The molecule has 0 aromatic carbocycles. The van der Waals surface area contributed by atoms with Crippen LogP contribution < -0.4 is 5.32 Å². The lowest BCUT2D eigenvalue weighted by Gasteiger charge is -2.18. The van der Waals surface area contributed by atoms with E-state index in [2.05, 4.69) is 32.9 Å². The Labute approximate surface area is 109 Å². The minimum Gasteiger partial charge on any atom is -0.366 e. The average Bonchev–Trinajstić information content (AvgIpc) is 2.18. The highest BCUT2D eigenvalue weighted by atomic mass is 127. The number of carbonyl (C=O) groups is 1. The van der Waals surface area contributed by atoms with E-state index in [4.69, 9.17) is 4.74 Å². The fraction of sp³-hybridized carbons (Fsp3) is 0.455. The topological polar surface area (TPSA) is 51.2 Å². The number of halogens is 1. The van der Waals surface area contributed by atoms with Crippen molar-refractivity contribution in [3.05, 3.63) is 21.9 Å². The molecule has 16 heavy (non-hydrogen) atoms. The minimum absolute atomic E-state index is 0.0389. The summed E-state index contributed by atoms with van der Waals surface area (Å²) in [6.45, 7) is 5.76. The number of ether oxygens (including phenoxy) is 1. The van der Waals surface area contributed by atoms with Crippen molar-refractivity contribution in [1.82, 2.24) is 4.98 Å². The Morgan fingerprint density at radius 2 is 2.19 bits per heavy atom. The van der Waals surface area contributed by atoms with Gasteiger partial charge in [-0.05, 0) is 55.5 Å². The molecular weight excluding hydrogens is 319 g/mol. The van der Waals surface area contributed by atoms with Crippen LogP contribution in [0.25, 0.3) is 0 Å². The first kappa shape index (κ1) is 13.4. The normalized spacial score (nSPS) is 11.2. The molecule has 0 unspecified atom stereocenters. The highest BCUT2D eigenvalue weighted by Crippen LogP contribution is 2.08. The molecule has 0 saturated carbocycles. The quantitative estimate of drug-likeness (QED) is 0.864. The second-order valence-electron chi connectivity index (χ2n) is 4.31. The van der Waals surface area contributed by atoms with Gasteiger partial charge in [0.1, 0.15) is 12.4 Å². The minimum atomic E-state index is -0.309. The number of hydrogen-bond donors (Lipinski definition) is 1. The molecule has 88 valence electrons. The lowest BCUT2D eigenvalue weighted by molar-refractivity contribution is -0.125. The van der Waals surface area contributed by atoms with Crippen LogP contribution in [0.5, 0.6) is 0 Å². The van der Waals surface area contributed by atoms with Gasteiger partial charge in [-0.3, -0.25) is 4.79 Å². The third-order valence-electron chi connectivity index (χ3n) is 1.63. The monoisotopic (exact) mass is 334 g/mol. The summed E-state index contributed by atoms with van der Waals surface area (Å²) in [6.07, 6.45) is 1.70. The number of aromatic nitrogens is 1. The van der Waals surface area contributed by atoms with Crippen molar-refractivity contribution < 1.29 is 9.53 Å². The predicted molar refractivity (Wildman–Crippen MR) is 71.3 cm³/mol. The standard InChI is InChI=1S/C11H15IN2O2/c1-11(2,3)16-7-10(15)14-9-5-4-8(12)6-13-9/h4-6H,7H2,1-3H3,(H,13,14,15). The summed E-state index contributed by atoms with van der Waals surface area (Å²) < 4.78 is 6.37. The molecule has 0 atom stereocenters. The first-order valence-corrected chi connectivity index (χ1v) is 6.00. The Kier molecular flexibility index (Phi) is 4.67. The van der Waals surface area contributed by atoms with Crippen molar-refractivity contribution in [2.45, 2.75) is 26.4 Å². The number of amides is 1. The fourth-order valence-electron chi connectivity index (χ4n) is 0.911. The number of pyridine rings is 1. The third kappa shape index (κ3) is 5.41. The molecule has 1 heterocycles. The third-order valence-corrected chi connectivity index (χ3v) is 2.27. The van der Waals surface area contributed by atoms with E-state index < -0.39 is 0 Å². The van der Waals surface area contributed by atoms with E-state index in [0.717, 1.165) is 3.57 Å². The summed E-state index contributed by atoms with van der Waals surface area (Å²) in [6, 6.07) is 3.64. The molecule has 0 aliphatic rings. The number of hydrogen-bond acceptors (Lipinski definition) is 3. The molecule has 0 saturated heterocycles. The summed E-state index contributed by atoms with van der Waals surface area (Å²) in [7, 11) is 0. The van der Waals surface area contributed by atoms with Crippen LogP contribution in [0.1, 0.15) is 20.8 Å². The Morgan fingerprint density at radius 1 is 1.50 bits per heavy atom. The van der Waals surface area contributed by atoms with E-state index in [1.54, 1.807) is 12.3 Å². The number of rotatable bonds is 3. The van der Waals surface area contributed by atoms with Crippen LogP contribution >= 0.6 is 22.6 Å². The predicted octanol–water partition coefficient (Wildman–Crippen LogP) is 2.44. The van der Waals surface area contributed by atoms with Crippen LogP contribution in [-0.4, -0.2) is 23.1 Å². The van der Waals surface area contributed by atoms with Crippen LogP contribution in [0.3, 0.4) is 0 Å². The molecule has 1 aromatic rings. The van der Waals surface area contributed by atoms with Gasteiger partial charge in [-0.15, -0.1) is 0 Å². The van der Waals surface area contributed by atoms with Gasteiger partial charge in [-0.1, -0.05) is 0 Å². The van der Waals surface area contributed by atoms with E-state index in [9.17, 15) is 4.79 Å². The zero-order valence-electron chi connectivity index (χ0n) is 9.58. The first-order valence-electron chi connectivity index (χ1n) is 4.92. The highest BCUT2D eigenvalue weighted by molar-refractivity contribution is 14.1. The van der Waals surface area contributed by atoms with Gasteiger partial charge in [0.05, 0.1) is 5.60 Å². The van der Waals surface area contributed by atoms with Crippen LogP contribution in [-0.2, 0) is 9.53 Å². The van der Waals surface area contributed by atoms with Crippen molar-refractivity contribution >= 4 is 34.3 Å². The second-order valence-corrected chi connectivity index (χ2v) is 5.56. The van der Waals surface area contributed by atoms with Gasteiger partial charge in [0.15, 0.2) is 0 Å². The maximum absolute atomic E-state index is 11.5. The molecule has 1 aromatic heterocycles. The molecule has 0 radical (unpaired) electrons. The second kappa shape index (κ2) is 5.58. The molecular formula is C11H15IN2O2. The van der Waals surface area contributed by atoms with Crippen molar-refractivity contribution in [1.29, 1.82) is 0 Å². The zero-order chi connectivity index (χ0) is 12.2. The van der Waals surface area contributed by atoms with Crippen molar-refractivity contribution in [3.8, 4) is 0 Å². The van der Waals surface area contributed by atoms with Crippen molar-refractivity contribution in [2.24, 2.45) is 0 Å². The maximum atomic E-state index is 11.5. The number of anilines is 1. The fourth-order valence-corrected chi connectivity index (χ4v) is 1.23. The van der Waals surface area contributed by atoms with Crippen LogP contribution in [0.2, 0.25) is 0 Å². The summed E-state index contributed by atoms with van der Waals surface area (Å²) in [5.41, 5.74) is -0.309. The smallest absolute Gasteiger partial charge is 0.251 e. The SMILES string of the molecule is CC(C)(C)OCC(=O)Nc1ccc(I)cn1. The molecule has 0 fully saturated rings. The lowest BCUT2D eigenvalue weighted by Crippen LogP contribution is -2.27. The van der Waals surface area contributed by atoms with E-state index in [0.29, 0.717) is 5.82 Å². The molecule has 5 heteroatoms. The van der Waals surface area contributed by atoms with Gasteiger partial charge in [0.25, 0.3) is 5.91 Å². The lowest BCUT2D eigenvalue weighted by atomic mass is 10.2. The number of nitrogens with one attached hydrogen (secondary N) is 1. The van der Waals surface area contributed by atoms with Crippen LogP contribution in [0.4, 0.5) is 5.82 Å². The maximum Gasteiger partial charge on any atom is 0.251 e. The Bertz CT molecular complexity index is 357. The van der Waals surface area contributed by atoms with Crippen LogP contribution in [0.15, 0.2) is 18.3 Å².